The molecule has 0 saturated carbocycles. The maximum absolute atomic E-state index is 14.6. The average molecular weight is 1000 g/mol. The quantitative estimate of drug-likeness (QED) is 0.0267. The number of carbonyl (C=O) groups is 9. The topological polar surface area (TPSA) is 347 Å². The summed E-state index contributed by atoms with van der Waals surface area (Å²) in [6.45, 7) is 2.40. The Hall–Kier alpha value is -7.41. The third kappa shape index (κ3) is 14.3. The molecule has 2 aromatic heterocycles. The van der Waals surface area contributed by atoms with Crippen LogP contribution < -0.4 is 48.3 Å². The van der Waals surface area contributed by atoms with Crippen LogP contribution in [0.25, 0.3) is 10.9 Å². The highest BCUT2D eigenvalue weighted by atomic mass is 33.1. The second-order valence-corrected chi connectivity index (χ2v) is 19.2. The van der Waals surface area contributed by atoms with E-state index >= 15 is 0 Å². The number of guanidine groups is 1. The number of ketones is 1. The van der Waals surface area contributed by atoms with Crippen molar-refractivity contribution in [3.8, 4) is 0 Å². The molecule has 2 aliphatic heterocycles. The van der Waals surface area contributed by atoms with E-state index in [1.165, 1.54) is 26.4 Å². The van der Waals surface area contributed by atoms with Gasteiger partial charge in [0, 0.05) is 66.3 Å². The molecule has 6 rings (SSSR count). The first-order valence-electron chi connectivity index (χ1n) is 22.4. The number of rotatable bonds is 12. The molecule has 9 amide bonds. The molecule has 0 unspecified atom stereocenters. The molecule has 4 heterocycles. The number of urea groups is 1. The van der Waals surface area contributed by atoms with Crippen LogP contribution in [0.2, 0.25) is 0 Å². The Morgan fingerprint density at radius 1 is 0.757 bits per heavy atom. The second kappa shape index (κ2) is 24.7. The first-order valence-corrected chi connectivity index (χ1v) is 24.9. The summed E-state index contributed by atoms with van der Waals surface area (Å²) in [6, 6.07) is 5.98. The minimum atomic E-state index is -1.43. The third-order valence-electron chi connectivity index (χ3n) is 11.5. The number of carbonyl (C=O) groups excluding carboxylic acids is 9. The largest absolute Gasteiger partial charge is 0.370 e. The summed E-state index contributed by atoms with van der Waals surface area (Å²) in [5.41, 5.74) is 8.00. The van der Waals surface area contributed by atoms with Crippen LogP contribution >= 0.6 is 21.6 Å². The van der Waals surface area contributed by atoms with Gasteiger partial charge in [0.05, 0.1) is 18.9 Å². The summed E-state index contributed by atoms with van der Waals surface area (Å²) in [5, 5.41) is 29.7. The molecule has 25 heteroatoms. The maximum atomic E-state index is 14.6. The molecular weight excluding hydrogens is 945 g/mol. The zero-order valence-corrected chi connectivity index (χ0v) is 39.9. The predicted octanol–water partition coefficient (Wildman–Crippen LogP) is -0.985. The van der Waals surface area contributed by atoms with Crippen LogP contribution in [0.3, 0.4) is 0 Å². The van der Waals surface area contributed by atoms with Crippen LogP contribution in [-0.2, 0) is 57.6 Å². The monoisotopic (exact) mass is 1000 g/mol. The lowest BCUT2D eigenvalue weighted by molar-refractivity contribution is -0.136. The van der Waals surface area contributed by atoms with E-state index in [2.05, 4.69) is 57.5 Å². The summed E-state index contributed by atoms with van der Waals surface area (Å²) in [4.78, 5) is 135. The molecule has 0 spiro atoms. The zero-order chi connectivity index (χ0) is 50.3. The van der Waals surface area contributed by atoms with Gasteiger partial charge in [-0.1, -0.05) is 70.1 Å². The molecule has 2 saturated heterocycles. The van der Waals surface area contributed by atoms with Crippen LogP contribution in [-0.4, -0.2) is 146 Å². The van der Waals surface area contributed by atoms with Gasteiger partial charge in [0.1, 0.15) is 36.3 Å². The lowest BCUT2D eigenvalue weighted by Crippen LogP contribution is -2.60. The van der Waals surface area contributed by atoms with E-state index in [4.69, 9.17) is 11.1 Å². The Morgan fingerprint density at radius 3 is 2.06 bits per heavy atom. The van der Waals surface area contributed by atoms with Crippen molar-refractivity contribution in [2.24, 2.45) is 5.73 Å². The predicted molar refractivity (Wildman–Crippen MR) is 260 cm³/mol. The molecule has 2 fully saturated rings. The van der Waals surface area contributed by atoms with Crippen LogP contribution in [0, 0.1) is 5.41 Å². The van der Waals surface area contributed by atoms with Crippen LogP contribution in [0.15, 0.2) is 73.3 Å². The van der Waals surface area contributed by atoms with Crippen molar-refractivity contribution < 1.29 is 43.2 Å². The van der Waals surface area contributed by atoms with Gasteiger partial charge in [-0.05, 0) is 43.9 Å². The molecule has 2 aliphatic rings. The van der Waals surface area contributed by atoms with Crippen LogP contribution in [0.1, 0.15) is 43.5 Å². The number of nitrogens with one attached hydrogen (secondary N) is 11. The number of nitrogens with two attached hydrogens (primary N) is 1. The van der Waals surface area contributed by atoms with Gasteiger partial charge in [-0.25, -0.2) is 14.7 Å². The van der Waals surface area contributed by atoms with Gasteiger partial charge < -0.3 is 58.2 Å². The number of aromatic amines is 2. The summed E-state index contributed by atoms with van der Waals surface area (Å²) in [7, 11) is 2.11. The Labute approximate surface area is 409 Å². The number of nitrogens with zero attached hydrogens (tertiary/aromatic N) is 2. The van der Waals surface area contributed by atoms with Gasteiger partial charge in [0.25, 0.3) is 5.91 Å². The van der Waals surface area contributed by atoms with Crippen molar-refractivity contribution in [1.82, 2.24) is 62.4 Å². The normalized spacial score (nSPS) is 23.8. The molecule has 0 radical (unpaired) electrons. The number of aromatic nitrogens is 3. The molecule has 4 aromatic rings. The van der Waals surface area contributed by atoms with E-state index in [0.717, 1.165) is 37.4 Å². The van der Waals surface area contributed by atoms with E-state index < -0.39 is 95.5 Å². The third-order valence-corrected chi connectivity index (χ3v) is 13.9. The SMILES string of the molecule is CC(=O)[C@@H]1CSSC[C@H](N2C(=O)CNC2=O)C(=O)N[C@H](C)C(=O)N[C@@H](Cc2cnc[nH]2)C(=O)N[C@H](Cc2ccccc2)C(=O)N[C@@H](CCCNC(=N)N)C(=O)N[C@@H](Cc2c[nH]c3ccccc23)C(=O)N1. The van der Waals surface area contributed by atoms with E-state index in [1.54, 1.807) is 36.5 Å². The Kier molecular flexibility index (Phi) is 18.4. The Morgan fingerprint density at radius 2 is 1.39 bits per heavy atom. The molecule has 23 nitrogen and oxygen atoms in total. The van der Waals surface area contributed by atoms with Crippen LogP contribution in [0.5, 0.6) is 0 Å². The lowest BCUT2D eigenvalue weighted by atomic mass is 10.0. The zero-order valence-electron chi connectivity index (χ0n) is 38.3. The standard InChI is InChI=1S/C45H56N14O9S2/c1-24-38(62)55-34(17-28-19-48-23-52-28)42(66)56-32(15-26-9-4-3-5-10-26)40(64)54-31(13-8-14-49-44(46)47)39(63)57-33(16-27-18-50-30-12-7-6-11-29(27)30)41(65)58-35(25(2)60)21-69-70-22-36(43(67)53-24)59-37(61)20-51-45(59)68/h3-7,9-12,18-19,23-24,31-36,50H,8,13-17,20-22H2,1-2H3,(H,48,52)(H,51,68)(H,53,67)(H,54,64)(H,55,62)(H,56,66)(H,57,63)(H,58,65)(H4,46,47,49)/t24-,31+,32-,33+,34+,35+,36+/m1/s1. The molecule has 0 bridgehead atoms. The highest BCUT2D eigenvalue weighted by Gasteiger charge is 2.40. The first kappa shape index (κ1) is 52.0. The van der Waals surface area contributed by atoms with Crippen LogP contribution in [0.4, 0.5) is 4.79 Å². The van der Waals surface area contributed by atoms with Crippen molar-refractivity contribution in [3.63, 3.8) is 0 Å². The molecule has 2 aromatic carbocycles. The number of hydrogen-bond acceptors (Lipinski definition) is 13. The summed E-state index contributed by atoms with van der Waals surface area (Å²) >= 11 is 0. The summed E-state index contributed by atoms with van der Waals surface area (Å²) < 4.78 is 0. The first-order chi connectivity index (χ1) is 33.6. The molecule has 13 N–H and O–H groups in total. The fourth-order valence-electron chi connectivity index (χ4n) is 7.68. The lowest BCUT2D eigenvalue weighted by Gasteiger charge is -2.28. The van der Waals surface area contributed by atoms with Crippen molar-refractivity contribution in [1.29, 1.82) is 5.41 Å². The van der Waals surface area contributed by atoms with Gasteiger partial charge in [-0.2, -0.15) is 0 Å². The number of H-pyrrole nitrogens is 2. The highest BCUT2D eigenvalue weighted by molar-refractivity contribution is 8.76. The highest BCUT2D eigenvalue weighted by Crippen LogP contribution is 2.26. The van der Waals surface area contributed by atoms with Crippen molar-refractivity contribution in [2.75, 3.05) is 24.6 Å². The number of imidazole rings is 1. The number of amides is 9. The number of para-hydroxylation sites is 1. The van der Waals surface area contributed by atoms with E-state index in [1.807, 2.05) is 24.3 Å². The fourth-order valence-corrected chi connectivity index (χ4v) is 10.1. The van der Waals surface area contributed by atoms with Gasteiger partial charge in [-0.15, -0.1) is 0 Å². The number of fused-ring (bicyclic) bond motifs is 1. The maximum Gasteiger partial charge on any atom is 0.325 e. The summed E-state index contributed by atoms with van der Waals surface area (Å²) in [5.74, 6) is -6.49. The van der Waals surface area contributed by atoms with Gasteiger partial charge >= 0.3 is 6.03 Å². The van der Waals surface area contributed by atoms with E-state index in [0.29, 0.717) is 16.8 Å². The van der Waals surface area contributed by atoms with Gasteiger partial charge in [0.2, 0.25) is 35.4 Å². The Bertz CT molecular complexity index is 2540. The molecule has 7 atom stereocenters. The number of imide groups is 1. The molecular formula is C45H56N14O9S2. The van der Waals surface area contributed by atoms with Crippen molar-refractivity contribution >= 4 is 91.6 Å². The minimum absolute atomic E-state index is 0.0248. The van der Waals surface area contributed by atoms with Gasteiger partial charge in [-0.3, -0.25) is 43.8 Å². The number of Topliss-reactive ketones (excluding diaryl/α,β-unsaturated/α-hetero) is 1. The Balaban J connectivity index is 1.38. The second-order valence-electron chi connectivity index (χ2n) is 16.7. The van der Waals surface area contributed by atoms with Crippen molar-refractivity contribution in [2.45, 2.75) is 88.2 Å². The number of hydrogen-bond donors (Lipinski definition) is 12. The molecule has 0 aliphatic carbocycles. The fraction of sp³-hybridized carbons (Fsp3) is 0.400. The van der Waals surface area contributed by atoms with E-state index in [9.17, 15) is 43.2 Å². The smallest absolute Gasteiger partial charge is 0.325 e. The van der Waals surface area contributed by atoms with E-state index in [-0.39, 0.29) is 62.7 Å². The van der Waals surface area contributed by atoms with Gasteiger partial charge in [0.15, 0.2) is 11.7 Å². The van der Waals surface area contributed by atoms with Crippen molar-refractivity contribution in [3.05, 3.63) is 90.1 Å². The average Bonchev–Trinajstić information content (AvgIpc) is 4.08. The number of benzene rings is 2. The summed E-state index contributed by atoms with van der Waals surface area (Å²) in [6.07, 6.45) is 4.42. The molecule has 70 heavy (non-hydrogen) atoms. The minimum Gasteiger partial charge on any atom is -0.370 e. The molecule has 372 valence electrons.